The van der Waals surface area contributed by atoms with Gasteiger partial charge in [-0.15, -0.1) is 16.4 Å². The quantitative estimate of drug-likeness (QED) is 0.762. The van der Waals surface area contributed by atoms with Crippen molar-refractivity contribution in [1.29, 1.82) is 0 Å². The zero-order chi connectivity index (χ0) is 13.2. The number of H-pyrrole nitrogens is 1. The molecule has 7 nitrogen and oxygen atoms in total. The van der Waals surface area contributed by atoms with Crippen molar-refractivity contribution < 1.29 is 9.21 Å². The Labute approximate surface area is 111 Å². The van der Waals surface area contributed by atoms with Crippen molar-refractivity contribution in [3.63, 3.8) is 0 Å². The summed E-state index contributed by atoms with van der Waals surface area (Å²) in [6, 6.07) is 3.49. The number of aryl methyl sites for hydroxylation is 1. The lowest BCUT2D eigenvalue weighted by atomic mass is 10.4. The van der Waals surface area contributed by atoms with Gasteiger partial charge in [-0.25, -0.2) is 4.98 Å². The number of anilines is 1. The lowest BCUT2D eigenvalue weighted by Gasteiger charge is -1.95. The van der Waals surface area contributed by atoms with Crippen LogP contribution in [0.5, 0.6) is 0 Å². The minimum atomic E-state index is -0.339. The molecule has 3 rings (SSSR count). The number of hydrogen-bond donors (Lipinski definition) is 2. The van der Waals surface area contributed by atoms with Gasteiger partial charge in [0.05, 0.1) is 11.3 Å². The molecule has 8 heteroatoms. The van der Waals surface area contributed by atoms with Gasteiger partial charge in [-0.3, -0.25) is 15.2 Å². The zero-order valence-electron chi connectivity index (χ0n) is 9.88. The third-order valence-corrected chi connectivity index (χ3v) is 3.09. The Morgan fingerprint density at radius 3 is 3.05 bits per heavy atom. The van der Waals surface area contributed by atoms with E-state index in [0.29, 0.717) is 17.3 Å². The Bertz CT molecular complexity index is 700. The molecule has 0 unspecified atom stereocenters. The van der Waals surface area contributed by atoms with Gasteiger partial charge in [-0.05, 0) is 19.1 Å². The molecule has 3 aromatic heterocycles. The Kier molecular flexibility index (Phi) is 2.84. The molecule has 3 heterocycles. The van der Waals surface area contributed by atoms with Crippen LogP contribution >= 0.6 is 11.3 Å². The van der Waals surface area contributed by atoms with Gasteiger partial charge >= 0.3 is 0 Å². The number of nitrogens with zero attached hydrogens (tertiary/aromatic N) is 3. The zero-order valence-corrected chi connectivity index (χ0v) is 10.7. The van der Waals surface area contributed by atoms with Gasteiger partial charge in [0.2, 0.25) is 5.95 Å². The second-order valence-corrected chi connectivity index (χ2v) is 4.75. The SMILES string of the molecule is Cc1nc(C(=O)Nc2n[nH]c(-c3ccco3)n2)cs1. The first kappa shape index (κ1) is 11.6. The number of carbonyl (C=O) groups excluding carboxylic acids is 1. The average molecular weight is 275 g/mol. The molecule has 96 valence electrons. The number of furan rings is 1. The lowest BCUT2D eigenvalue weighted by Crippen LogP contribution is -2.13. The minimum absolute atomic E-state index is 0.182. The van der Waals surface area contributed by atoms with E-state index in [2.05, 4.69) is 25.5 Å². The van der Waals surface area contributed by atoms with Crippen LogP contribution in [0.1, 0.15) is 15.5 Å². The van der Waals surface area contributed by atoms with Crippen LogP contribution in [0.4, 0.5) is 5.95 Å². The van der Waals surface area contributed by atoms with Crippen molar-refractivity contribution in [3.8, 4) is 11.6 Å². The largest absolute Gasteiger partial charge is 0.461 e. The van der Waals surface area contributed by atoms with E-state index in [9.17, 15) is 4.79 Å². The molecule has 0 aromatic carbocycles. The van der Waals surface area contributed by atoms with Gasteiger partial charge < -0.3 is 4.42 Å². The highest BCUT2D eigenvalue weighted by Gasteiger charge is 2.13. The van der Waals surface area contributed by atoms with Gasteiger partial charge in [0.1, 0.15) is 5.69 Å². The van der Waals surface area contributed by atoms with Gasteiger partial charge in [0, 0.05) is 5.38 Å². The van der Waals surface area contributed by atoms with Crippen molar-refractivity contribution in [2.24, 2.45) is 0 Å². The van der Waals surface area contributed by atoms with Crippen LogP contribution in [-0.4, -0.2) is 26.1 Å². The fourth-order valence-electron chi connectivity index (χ4n) is 1.47. The molecule has 0 aliphatic carbocycles. The van der Waals surface area contributed by atoms with Crippen molar-refractivity contribution in [1.82, 2.24) is 20.2 Å². The van der Waals surface area contributed by atoms with E-state index in [1.54, 1.807) is 17.5 Å². The first-order valence-corrected chi connectivity index (χ1v) is 6.30. The molecule has 0 bridgehead atoms. The maximum atomic E-state index is 11.8. The van der Waals surface area contributed by atoms with Gasteiger partial charge in [-0.2, -0.15) is 4.98 Å². The Morgan fingerprint density at radius 2 is 2.37 bits per heavy atom. The lowest BCUT2D eigenvalue weighted by molar-refractivity contribution is 0.102. The van der Waals surface area contributed by atoms with Crippen molar-refractivity contribution in [3.05, 3.63) is 34.5 Å². The van der Waals surface area contributed by atoms with E-state index < -0.39 is 0 Å². The van der Waals surface area contributed by atoms with Gasteiger partial charge in [-0.1, -0.05) is 0 Å². The third kappa shape index (κ3) is 2.38. The summed E-state index contributed by atoms with van der Waals surface area (Å²) in [5, 5.41) is 11.7. The molecule has 0 spiro atoms. The number of hydrogen-bond acceptors (Lipinski definition) is 6. The molecule has 0 radical (unpaired) electrons. The molecule has 0 saturated carbocycles. The number of aromatic amines is 1. The normalized spacial score (nSPS) is 10.6. The van der Waals surface area contributed by atoms with Crippen molar-refractivity contribution >= 4 is 23.2 Å². The predicted molar refractivity (Wildman–Crippen MR) is 68.9 cm³/mol. The third-order valence-electron chi connectivity index (χ3n) is 2.32. The minimum Gasteiger partial charge on any atom is -0.461 e. The summed E-state index contributed by atoms with van der Waals surface area (Å²) < 4.78 is 5.17. The number of nitrogens with one attached hydrogen (secondary N) is 2. The van der Waals surface area contributed by atoms with E-state index in [-0.39, 0.29) is 11.9 Å². The summed E-state index contributed by atoms with van der Waals surface area (Å²) >= 11 is 1.41. The molecular formula is C11H9N5O2S. The van der Waals surface area contributed by atoms with Crippen molar-refractivity contribution in [2.75, 3.05) is 5.32 Å². The number of amides is 1. The molecule has 0 aliphatic rings. The molecule has 0 saturated heterocycles. The summed E-state index contributed by atoms with van der Waals surface area (Å²) in [7, 11) is 0. The standard InChI is InChI=1S/C11H9N5O2S/c1-6-12-7(5-19-6)10(17)14-11-13-9(15-16-11)8-3-2-4-18-8/h2-5H,1H3,(H2,13,14,15,16,17). The Balaban J connectivity index is 1.76. The number of rotatable bonds is 3. The predicted octanol–water partition coefficient (Wildman–Crippen LogP) is 2.08. The molecule has 0 fully saturated rings. The monoisotopic (exact) mass is 275 g/mol. The van der Waals surface area contributed by atoms with Crippen LogP contribution in [-0.2, 0) is 0 Å². The average Bonchev–Trinajstić information content (AvgIpc) is 3.07. The molecule has 1 amide bonds. The van der Waals surface area contributed by atoms with Crippen LogP contribution in [0.15, 0.2) is 28.2 Å². The summed E-state index contributed by atoms with van der Waals surface area (Å²) in [5.41, 5.74) is 0.354. The van der Waals surface area contributed by atoms with Crippen molar-refractivity contribution in [2.45, 2.75) is 6.92 Å². The van der Waals surface area contributed by atoms with E-state index in [1.165, 1.54) is 17.6 Å². The van der Waals surface area contributed by atoms with E-state index >= 15 is 0 Å². The van der Waals surface area contributed by atoms with Gasteiger partial charge in [0.25, 0.3) is 5.91 Å². The van der Waals surface area contributed by atoms with E-state index in [4.69, 9.17) is 4.42 Å². The smallest absolute Gasteiger partial charge is 0.277 e. The van der Waals surface area contributed by atoms with Crippen LogP contribution in [0.2, 0.25) is 0 Å². The van der Waals surface area contributed by atoms with Crippen LogP contribution < -0.4 is 5.32 Å². The summed E-state index contributed by atoms with van der Waals surface area (Å²) in [4.78, 5) is 20.0. The maximum Gasteiger partial charge on any atom is 0.277 e. The van der Waals surface area contributed by atoms with Crippen LogP contribution in [0.3, 0.4) is 0 Å². The Morgan fingerprint density at radius 1 is 1.47 bits per heavy atom. The Hall–Kier alpha value is -2.48. The topological polar surface area (TPSA) is 96.7 Å². The first-order chi connectivity index (χ1) is 9.22. The number of aromatic nitrogens is 4. The highest BCUT2D eigenvalue weighted by molar-refractivity contribution is 7.09. The molecule has 2 N–H and O–H groups in total. The number of thiazole rings is 1. The highest BCUT2D eigenvalue weighted by Crippen LogP contribution is 2.16. The highest BCUT2D eigenvalue weighted by atomic mass is 32.1. The fraction of sp³-hybridized carbons (Fsp3) is 0.0909. The summed E-state index contributed by atoms with van der Waals surface area (Å²) in [6.45, 7) is 1.84. The maximum absolute atomic E-state index is 11.8. The molecule has 19 heavy (non-hydrogen) atoms. The first-order valence-electron chi connectivity index (χ1n) is 5.42. The summed E-state index contributed by atoms with van der Waals surface area (Å²) in [5.74, 6) is 0.851. The van der Waals surface area contributed by atoms with E-state index in [1.807, 2.05) is 6.92 Å². The fourth-order valence-corrected chi connectivity index (χ4v) is 2.07. The molecule has 0 aliphatic heterocycles. The molecule has 3 aromatic rings. The molecular weight excluding hydrogens is 266 g/mol. The van der Waals surface area contributed by atoms with Crippen LogP contribution in [0, 0.1) is 6.92 Å². The van der Waals surface area contributed by atoms with E-state index in [0.717, 1.165) is 5.01 Å². The number of carbonyl (C=O) groups is 1. The second kappa shape index (κ2) is 4.65. The van der Waals surface area contributed by atoms with Gasteiger partial charge in [0.15, 0.2) is 11.6 Å². The second-order valence-electron chi connectivity index (χ2n) is 3.69. The summed E-state index contributed by atoms with van der Waals surface area (Å²) in [6.07, 6.45) is 1.54. The van der Waals surface area contributed by atoms with Crippen LogP contribution in [0.25, 0.3) is 11.6 Å². The molecule has 0 atom stereocenters.